The molecule has 88 valence electrons. The van der Waals surface area contributed by atoms with Crippen LogP contribution < -0.4 is 5.32 Å². The summed E-state index contributed by atoms with van der Waals surface area (Å²) < 4.78 is 25.4. The first-order chi connectivity index (χ1) is 7.66. The lowest BCUT2D eigenvalue weighted by Crippen LogP contribution is -2.11. The number of aryl methyl sites for hydroxylation is 1. The highest BCUT2D eigenvalue weighted by atomic mass is 19.3. The fourth-order valence-corrected chi connectivity index (χ4v) is 2.27. The average molecular weight is 225 g/mol. The Balaban J connectivity index is 2.12. The number of halogens is 2. The van der Waals surface area contributed by atoms with Crippen LogP contribution in [-0.2, 0) is 6.42 Å². The van der Waals surface area contributed by atoms with Crippen molar-refractivity contribution >= 4 is 0 Å². The third kappa shape index (κ3) is 2.59. The van der Waals surface area contributed by atoms with Crippen molar-refractivity contribution in [2.45, 2.75) is 26.2 Å². The molecule has 1 saturated heterocycles. The minimum atomic E-state index is -2.36. The van der Waals surface area contributed by atoms with Crippen molar-refractivity contribution in [1.82, 2.24) is 5.32 Å². The first-order valence-corrected chi connectivity index (χ1v) is 5.75. The monoisotopic (exact) mass is 225 g/mol. The smallest absolute Gasteiger partial charge is 0.264 e. The molecule has 0 radical (unpaired) electrons. The fourth-order valence-electron chi connectivity index (χ4n) is 2.27. The topological polar surface area (TPSA) is 12.0 Å². The second kappa shape index (κ2) is 4.91. The molecule has 1 aliphatic rings. The third-order valence-corrected chi connectivity index (χ3v) is 3.27. The Morgan fingerprint density at radius 2 is 2.25 bits per heavy atom. The van der Waals surface area contributed by atoms with E-state index in [4.69, 9.17) is 0 Å². The van der Waals surface area contributed by atoms with E-state index in [1.165, 1.54) is 0 Å². The van der Waals surface area contributed by atoms with E-state index in [9.17, 15) is 8.78 Å². The van der Waals surface area contributed by atoms with Gasteiger partial charge < -0.3 is 5.32 Å². The van der Waals surface area contributed by atoms with Crippen LogP contribution in [-0.4, -0.2) is 13.1 Å². The zero-order chi connectivity index (χ0) is 11.5. The lowest BCUT2D eigenvalue weighted by atomic mass is 9.96. The Bertz CT molecular complexity index is 357. The molecule has 0 aliphatic carbocycles. The molecule has 0 saturated carbocycles. The highest BCUT2D eigenvalue weighted by molar-refractivity contribution is 5.32. The maximum atomic E-state index is 12.7. The van der Waals surface area contributed by atoms with Crippen LogP contribution in [0, 0.1) is 12.8 Å². The van der Waals surface area contributed by atoms with Gasteiger partial charge in [0, 0.05) is 5.56 Å². The molecule has 16 heavy (non-hydrogen) atoms. The van der Waals surface area contributed by atoms with Crippen molar-refractivity contribution in [1.29, 1.82) is 0 Å². The molecule has 1 nitrogen and oxygen atoms in total. The van der Waals surface area contributed by atoms with E-state index in [0.717, 1.165) is 31.5 Å². The molecule has 1 aliphatic heterocycles. The summed E-state index contributed by atoms with van der Waals surface area (Å²) in [6.07, 6.45) is -0.299. The molecule has 0 bridgehead atoms. The molecule has 1 aromatic carbocycles. The lowest BCUT2D eigenvalue weighted by molar-refractivity contribution is 0.150. The van der Waals surface area contributed by atoms with E-state index in [2.05, 4.69) is 5.32 Å². The highest BCUT2D eigenvalue weighted by Crippen LogP contribution is 2.25. The van der Waals surface area contributed by atoms with E-state index in [1.54, 1.807) is 19.1 Å². The molecule has 1 aromatic rings. The molecule has 2 rings (SSSR count). The van der Waals surface area contributed by atoms with Gasteiger partial charge in [0.05, 0.1) is 0 Å². The van der Waals surface area contributed by atoms with Gasteiger partial charge in [0.2, 0.25) is 0 Å². The zero-order valence-corrected chi connectivity index (χ0v) is 9.47. The van der Waals surface area contributed by atoms with Crippen molar-refractivity contribution in [3.63, 3.8) is 0 Å². The van der Waals surface area contributed by atoms with Crippen LogP contribution >= 0.6 is 0 Å². The first kappa shape index (κ1) is 11.5. The number of alkyl halides is 2. The van der Waals surface area contributed by atoms with Crippen LogP contribution in [0.15, 0.2) is 18.2 Å². The normalized spacial score (nSPS) is 20.6. The van der Waals surface area contributed by atoms with Crippen LogP contribution in [0.2, 0.25) is 0 Å². The van der Waals surface area contributed by atoms with Crippen LogP contribution in [0.25, 0.3) is 0 Å². The van der Waals surface area contributed by atoms with Gasteiger partial charge in [0.15, 0.2) is 0 Å². The maximum Gasteiger partial charge on any atom is 0.264 e. The predicted octanol–water partition coefficient (Wildman–Crippen LogP) is 3.08. The molecular weight excluding hydrogens is 208 g/mol. The van der Waals surface area contributed by atoms with Gasteiger partial charge in [-0.2, -0.15) is 0 Å². The van der Waals surface area contributed by atoms with Gasteiger partial charge in [-0.25, -0.2) is 8.78 Å². The number of rotatable bonds is 3. The van der Waals surface area contributed by atoms with E-state index >= 15 is 0 Å². The van der Waals surface area contributed by atoms with Gasteiger partial charge in [-0.1, -0.05) is 12.1 Å². The molecule has 1 fully saturated rings. The Kier molecular flexibility index (Phi) is 3.54. The van der Waals surface area contributed by atoms with E-state index in [-0.39, 0.29) is 5.56 Å². The quantitative estimate of drug-likeness (QED) is 0.833. The standard InChI is InChI=1S/C13H17F2N/c1-9-2-3-10(7-12(9)13(14)15)6-11-4-5-16-8-11/h2-3,7,11,13,16H,4-6,8H2,1H3. The van der Waals surface area contributed by atoms with Crippen LogP contribution in [0.3, 0.4) is 0 Å². The van der Waals surface area contributed by atoms with Crippen molar-refractivity contribution in [3.05, 3.63) is 34.9 Å². The summed E-state index contributed by atoms with van der Waals surface area (Å²) in [7, 11) is 0. The Hall–Kier alpha value is -0.960. The second-order valence-electron chi connectivity index (χ2n) is 4.55. The van der Waals surface area contributed by atoms with Gasteiger partial charge >= 0.3 is 0 Å². The van der Waals surface area contributed by atoms with Crippen molar-refractivity contribution < 1.29 is 8.78 Å². The van der Waals surface area contributed by atoms with Gasteiger partial charge in [0.25, 0.3) is 6.43 Å². The average Bonchev–Trinajstić information content (AvgIpc) is 2.73. The summed E-state index contributed by atoms with van der Waals surface area (Å²) in [6, 6.07) is 5.44. The Morgan fingerprint density at radius 1 is 1.44 bits per heavy atom. The van der Waals surface area contributed by atoms with Crippen LogP contribution in [0.5, 0.6) is 0 Å². The SMILES string of the molecule is Cc1ccc(CC2CCNC2)cc1C(F)F. The minimum Gasteiger partial charge on any atom is -0.316 e. The molecule has 0 spiro atoms. The zero-order valence-electron chi connectivity index (χ0n) is 9.47. The van der Waals surface area contributed by atoms with E-state index in [0.29, 0.717) is 11.5 Å². The fraction of sp³-hybridized carbons (Fsp3) is 0.538. The Morgan fingerprint density at radius 3 is 2.88 bits per heavy atom. The van der Waals surface area contributed by atoms with E-state index in [1.807, 2.05) is 6.07 Å². The molecule has 3 heteroatoms. The van der Waals surface area contributed by atoms with E-state index < -0.39 is 6.43 Å². The van der Waals surface area contributed by atoms with Crippen LogP contribution in [0.4, 0.5) is 8.78 Å². The molecule has 0 amide bonds. The second-order valence-corrected chi connectivity index (χ2v) is 4.55. The number of nitrogens with one attached hydrogen (secondary N) is 1. The molecule has 1 heterocycles. The minimum absolute atomic E-state index is 0.184. The predicted molar refractivity (Wildman–Crippen MR) is 60.8 cm³/mol. The van der Waals surface area contributed by atoms with Gasteiger partial charge in [-0.15, -0.1) is 0 Å². The molecular formula is C13H17F2N. The Labute approximate surface area is 94.9 Å². The van der Waals surface area contributed by atoms with Crippen molar-refractivity contribution in [2.24, 2.45) is 5.92 Å². The van der Waals surface area contributed by atoms with Crippen LogP contribution in [0.1, 0.15) is 29.5 Å². The van der Waals surface area contributed by atoms with Gasteiger partial charge in [-0.05, 0) is 56.0 Å². The third-order valence-electron chi connectivity index (χ3n) is 3.27. The van der Waals surface area contributed by atoms with Gasteiger partial charge in [0.1, 0.15) is 0 Å². The molecule has 1 atom stereocenters. The van der Waals surface area contributed by atoms with Crippen molar-refractivity contribution in [3.8, 4) is 0 Å². The lowest BCUT2D eigenvalue weighted by Gasteiger charge is -2.11. The molecule has 1 N–H and O–H groups in total. The maximum absolute atomic E-state index is 12.7. The van der Waals surface area contributed by atoms with Crippen molar-refractivity contribution in [2.75, 3.05) is 13.1 Å². The summed E-state index contributed by atoms with van der Waals surface area (Å²) in [5.74, 6) is 0.605. The summed E-state index contributed by atoms with van der Waals surface area (Å²) >= 11 is 0. The number of hydrogen-bond donors (Lipinski definition) is 1. The summed E-state index contributed by atoms with van der Waals surface area (Å²) in [4.78, 5) is 0. The summed E-state index contributed by atoms with van der Waals surface area (Å²) in [5.41, 5.74) is 1.90. The summed E-state index contributed by atoms with van der Waals surface area (Å²) in [6.45, 7) is 3.80. The molecule has 0 aromatic heterocycles. The first-order valence-electron chi connectivity index (χ1n) is 5.75. The largest absolute Gasteiger partial charge is 0.316 e. The number of hydrogen-bond acceptors (Lipinski definition) is 1. The highest BCUT2D eigenvalue weighted by Gasteiger charge is 2.16. The molecule has 1 unspecified atom stereocenters. The van der Waals surface area contributed by atoms with Gasteiger partial charge in [-0.3, -0.25) is 0 Å². The summed E-state index contributed by atoms with van der Waals surface area (Å²) in [5, 5.41) is 3.29. The number of benzene rings is 1.